The number of anilines is 1. The number of carbonyl (C=O) groups is 1. The quantitative estimate of drug-likeness (QED) is 0.255. The molecule has 6 rings (SSSR count). The average Bonchev–Trinajstić information content (AvgIpc) is 3.20. The van der Waals surface area contributed by atoms with Gasteiger partial charge in [0.1, 0.15) is 18.5 Å². The lowest BCUT2D eigenvalue weighted by atomic mass is 9.80. The molecule has 6 nitrogen and oxygen atoms in total. The van der Waals surface area contributed by atoms with E-state index in [2.05, 4.69) is 52.7 Å². The Morgan fingerprint density at radius 1 is 1.02 bits per heavy atom. The molecule has 1 saturated carbocycles. The van der Waals surface area contributed by atoms with Crippen LogP contribution in [0.3, 0.4) is 0 Å². The van der Waals surface area contributed by atoms with E-state index in [4.69, 9.17) is 4.74 Å². The molecule has 0 bridgehead atoms. The highest BCUT2D eigenvalue weighted by molar-refractivity contribution is 5.99. The lowest BCUT2D eigenvalue weighted by Gasteiger charge is -2.29. The van der Waals surface area contributed by atoms with Crippen molar-refractivity contribution in [3.8, 4) is 17.0 Å². The van der Waals surface area contributed by atoms with Crippen LogP contribution < -0.4 is 9.64 Å². The molecule has 1 aliphatic carbocycles. The SMILES string of the molecule is CN(C)CCN1CCn2c(c([C@@H]3CCCC[C@H]3F)c3ccc(C(=O)O)cc32)-c2ccc(OCc3ccccc3)cc21. The Bertz CT molecular complexity index is 1550. The Labute approximate surface area is 240 Å². The van der Waals surface area contributed by atoms with Crippen molar-refractivity contribution in [2.75, 3.05) is 38.6 Å². The lowest BCUT2D eigenvalue weighted by Crippen LogP contribution is -2.33. The maximum absolute atomic E-state index is 15.7. The third kappa shape index (κ3) is 5.43. The first-order valence-corrected chi connectivity index (χ1v) is 14.6. The number of nitrogens with zero attached hydrogens (tertiary/aromatic N) is 3. The summed E-state index contributed by atoms with van der Waals surface area (Å²) in [5.74, 6) is -0.372. The van der Waals surface area contributed by atoms with Crippen LogP contribution in [0.5, 0.6) is 5.75 Å². The number of carboxylic acids is 1. The summed E-state index contributed by atoms with van der Waals surface area (Å²) in [5.41, 5.74) is 6.40. The van der Waals surface area contributed by atoms with E-state index in [0.29, 0.717) is 19.6 Å². The van der Waals surface area contributed by atoms with Gasteiger partial charge in [-0.15, -0.1) is 0 Å². The monoisotopic (exact) mass is 555 g/mol. The number of likely N-dealkylation sites (N-methyl/N-ethyl adjacent to an activating group) is 1. The summed E-state index contributed by atoms with van der Waals surface area (Å²) in [5, 5.41) is 10.8. The largest absolute Gasteiger partial charge is 0.489 e. The van der Waals surface area contributed by atoms with E-state index in [1.165, 1.54) is 0 Å². The molecule has 0 amide bonds. The van der Waals surface area contributed by atoms with Gasteiger partial charge in [0.15, 0.2) is 0 Å². The van der Waals surface area contributed by atoms with Crippen LogP contribution in [0.15, 0.2) is 66.7 Å². The second-order valence-corrected chi connectivity index (χ2v) is 11.6. The smallest absolute Gasteiger partial charge is 0.335 e. The van der Waals surface area contributed by atoms with Crippen LogP contribution in [0.1, 0.15) is 53.1 Å². The maximum Gasteiger partial charge on any atom is 0.335 e. The summed E-state index contributed by atoms with van der Waals surface area (Å²) in [6, 6.07) is 21.7. The Kier molecular flexibility index (Phi) is 7.71. The molecular weight excluding hydrogens is 517 g/mol. The van der Waals surface area contributed by atoms with E-state index in [9.17, 15) is 9.90 Å². The fraction of sp³-hybridized carbons (Fsp3) is 0.382. The van der Waals surface area contributed by atoms with Crippen molar-refractivity contribution < 1.29 is 19.0 Å². The topological polar surface area (TPSA) is 57.9 Å². The predicted molar refractivity (Wildman–Crippen MR) is 162 cm³/mol. The summed E-state index contributed by atoms with van der Waals surface area (Å²) in [6.45, 7) is 3.62. The molecule has 2 aliphatic rings. The minimum absolute atomic E-state index is 0.214. The highest BCUT2D eigenvalue weighted by Gasteiger charge is 2.35. The number of ether oxygens (including phenoxy) is 1. The van der Waals surface area contributed by atoms with E-state index < -0.39 is 12.1 Å². The second kappa shape index (κ2) is 11.6. The molecule has 1 aliphatic heterocycles. The predicted octanol–water partition coefficient (Wildman–Crippen LogP) is 6.96. The third-order valence-electron chi connectivity index (χ3n) is 8.63. The minimum atomic E-state index is -0.952. The fourth-order valence-electron chi connectivity index (χ4n) is 6.52. The van der Waals surface area contributed by atoms with Crippen LogP contribution >= 0.6 is 0 Å². The maximum atomic E-state index is 15.7. The van der Waals surface area contributed by atoms with Gasteiger partial charge in [0.25, 0.3) is 0 Å². The van der Waals surface area contributed by atoms with Crippen molar-refractivity contribution in [2.24, 2.45) is 0 Å². The Morgan fingerprint density at radius 2 is 1.83 bits per heavy atom. The molecule has 0 spiro atoms. The van der Waals surface area contributed by atoms with Crippen molar-refractivity contribution >= 4 is 22.6 Å². The molecule has 0 radical (unpaired) electrons. The van der Waals surface area contributed by atoms with Crippen LogP contribution in [-0.2, 0) is 13.2 Å². The molecule has 1 fully saturated rings. The number of fused-ring (bicyclic) bond motifs is 5. The van der Waals surface area contributed by atoms with Crippen molar-refractivity contribution in [2.45, 2.75) is 50.9 Å². The summed E-state index contributed by atoms with van der Waals surface area (Å²) in [7, 11) is 4.15. The molecule has 2 heterocycles. The van der Waals surface area contributed by atoms with Gasteiger partial charge >= 0.3 is 5.97 Å². The van der Waals surface area contributed by atoms with Gasteiger partial charge in [0.05, 0.1) is 11.3 Å². The number of rotatable bonds is 8. The van der Waals surface area contributed by atoms with E-state index >= 15 is 4.39 Å². The first-order valence-electron chi connectivity index (χ1n) is 14.6. The molecule has 2 atom stereocenters. The third-order valence-corrected chi connectivity index (χ3v) is 8.63. The van der Waals surface area contributed by atoms with Gasteiger partial charge in [-0.2, -0.15) is 0 Å². The number of hydrogen-bond acceptors (Lipinski definition) is 4. The van der Waals surface area contributed by atoms with Crippen LogP contribution in [0, 0.1) is 0 Å². The van der Waals surface area contributed by atoms with Gasteiger partial charge in [-0.05, 0) is 62.3 Å². The molecule has 41 heavy (non-hydrogen) atoms. The van der Waals surface area contributed by atoms with Crippen molar-refractivity contribution in [3.05, 3.63) is 83.4 Å². The standard InChI is InChI=1S/C34H38FN3O3/c1-36(2)16-17-37-18-19-38-31-20-24(34(39)40)12-14-27(31)32(26-10-6-7-11-29(26)35)33(38)28-15-13-25(21-30(28)37)41-22-23-8-4-3-5-9-23/h3-5,8-9,12-15,20-21,26,29H,6-7,10-11,16-19,22H2,1-2H3,(H,39,40)/t26-,29-/m1/s1. The van der Waals surface area contributed by atoms with Gasteiger partial charge in [-0.25, -0.2) is 9.18 Å². The van der Waals surface area contributed by atoms with Crippen molar-refractivity contribution in [1.29, 1.82) is 0 Å². The van der Waals surface area contributed by atoms with Gasteiger partial charge in [0.2, 0.25) is 0 Å². The summed E-state index contributed by atoms with van der Waals surface area (Å²) >= 11 is 0. The highest BCUT2D eigenvalue weighted by Crippen LogP contribution is 2.48. The number of aromatic carboxylic acids is 1. The first kappa shape index (κ1) is 27.3. The van der Waals surface area contributed by atoms with Gasteiger partial charge < -0.3 is 24.2 Å². The van der Waals surface area contributed by atoms with Gasteiger partial charge in [-0.1, -0.05) is 49.2 Å². The minimum Gasteiger partial charge on any atom is -0.489 e. The molecule has 0 unspecified atom stereocenters. The average molecular weight is 556 g/mol. The highest BCUT2D eigenvalue weighted by atomic mass is 19.1. The Hall–Kier alpha value is -3.84. The van der Waals surface area contributed by atoms with E-state index in [1.54, 1.807) is 12.1 Å². The van der Waals surface area contributed by atoms with Crippen LogP contribution in [-0.4, -0.2) is 60.4 Å². The molecule has 4 aromatic rings. The Balaban J connectivity index is 1.52. The molecule has 214 valence electrons. The van der Waals surface area contributed by atoms with Crippen LogP contribution in [0.25, 0.3) is 22.2 Å². The number of hydrogen-bond donors (Lipinski definition) is 1. The second-order valence-electron chi connectivity index (χ2n) is 11.6. The Morgan fingerprint density at radius 3 is 2.59 bits per heavy atom. The molecular formula is C34H38FN3O3. The van der Waals surface area contributed by atoms with Crippen molar-refractivity contribution in [3.63, 3.8) is 0 Å². The summed E-state index contributed by atoms with van der Waals surface area (Å²) in [4.78, 5) is 16.5. The zero-order chi connectivity index (χ0) is 28.5. The lowest BCUT2D eigenvalue weighted by molar-refractivity contribution is 0.0697. The van der Waals surface area contributed by atoms with Crippen LogP contribution in [0.2, 0.25) is 0 Å². The number of aromatic nitrogens is 1. The van der Waals surface area contributed by atoms with E-state index in [1.807, 2.05) is 30.3 Å². The number of halogens is 1. The van der Waals surface area contributed by atoms with E-state index in [0.717, 1.165) is 83.6 Å². The number of benzene rings is 3. The molecule has 1 N–H and O–H groups in total. The van der Waals surface area contributed by atoms with E-state index in [-0.39, 0.29) is 11.5 Å². The molecule has 3 aromatic carbocycles. The molecule has 7 heteroatoms. The first-order chi connectivity index (χ1) is 19.9. The normalized spacial score (nSPS) is 18.7. The summed E-state index contributed by atoms with van der Waals surface area (Å²) in [6.07, 6.45) is 2.36. The fourth-order valence-corrected chi connectivity index (χ4v) is 6.52. The van der Waals surface area contributed by atoms with Crippen LogP contribution in [0.4, 0.5) is 10.1 Å². The van der Waals surface area contributed by atoms with Gasteiger partial charge in [-0.3, -0.25) is 0 Å². The molecule has 1 aromatic heterocycles. The summed E-state index contributed by atoms with van der Waals surface area (Å²) < 4.78 is 24.2. The van der Waals surface area contributed by atoms with Crippen molar-refractivity contribution in [1.82, 2.24) is 9.47 Å². The number of alkyl halides is 1. The zero-order valence-electron chi connectivity index (χ0n) is 23.9. The molecule has 0 saturated heterocycles. The number of carboxylic acid groups (broad SMARTS) is 1. The van der Waals surface area contributed by atoms with Gasteiger partial charge in [0, 0.05) is 60.3 Å². The zero-order valence-corrected chi connectivity index (χ0v) is 23.9.